The second-order valence-electron chi connectivity index (χ2n) is 5.96. The monoisotopic (exact) mass is 347 g/mol. The van der Waals surface area contributed by atoms with Crippen molar-refractivity contribution in [2.75, 3.05) is 40.5 Å². The lowest BCUT2D eigenvalue weighted by atomic mass is 9.99. The molecule has 2 amide bonds. The van der Waals surface area contributed by atoms with Gasteiger partial charge in [0.05, 0.1) is 32.4 Å². The first-order valence-electron chi connectivity index (χ1n) is 8.00. The minimum atomic E-state index is -0.886. The lowest BCUT2D eigenvalue weighted by molar-refractivity contribution is -0.131. The van der Waals surface area contributed by atoms with E-state index in [0.717, 1.165) is 0 Å². The Kier molecular flexibility index (Phi) is 4.95. The maximum Gasteiger partial charge on any atom is 0.259 e. The van der Waals surface area contributed by atoms with Crippen molar-refractivity contribution in [1.29, 1.82) is 0 Å². The summed E-state index contributed by atoms with van der Waals surface area (Å²) in [7, 11) is 3.09. The zero-order valence-electron chi connectivity index (χ0n) is 14.3. The van der Waals surface area contributed by atoms with Crippen LogP contribution in [0.15, 0.2) is 24.7 Å². The van der Waals surface area contributed by atoms with Gasteiger partial charge < -0.3 is 19.7 Å². The topological polar surface area (TPSA) is 98.1 Å². The molecule has 1 atom stereocenters. The molecule has 0 unspecified atom stereocenters. The molecule has 3 heterocycles. The molecule has 0 spiro atoms. The van der Waals surface area contributed by atoms with Crippen LogP contribution in [-0.2, 0) is 14.3 Å². The molecule has 2 aromatic heterocycles. The van der Waals surface area contributed by atoms with Crippen molar-refractivity contribution < 1.29 is 19.1 Å². The van der Waals surface area contributed by atoms with Crippen molar-refractivity contribution in [3.63, 3.8) is 0 Å². The Hall–Kier alpha value is -2.52. The molecule has 9 heteroatoms. The van der Waals surface area contributed by atoms with Crippen molar-refractivity contribution in [1.82, 2.24) is 24.8 Å². The van der Waals surface area contributed by atoms with Gasteiger partial charge in [0.15, 0.2) is 5.65 Å². The number of rotatable bonds is 4. The zero-order valence-corrected chi connectivity index (χ0v) is 14.3. The van der Waals surface area contributed by atoms with E-state index >= 15 is 0 Å². The SMILES string of the molecule is CNC(=O)C[C@@]1(OC)COCCN(C(=O)c2cnn3cccnc23)C1. The Balaban J connectivity index is 1.87. The molecule has 0 aromatic carbocycles. The minimum Gasteiger partial charge on any atom is -0.377 e. The summed E-state index contributed by atoms with van der Waals surface area (Å²) >= 11 is 0. The normalized spacial score (nSPS) is 21.1. The third kappa shape index (κ3) is 3.47. The number of amides is 2. The molecular weight excluding hydrogens is 326 g/mol. The zero-order chi connectivity index (χ0) is 17.9. The lowest BCUT2D eigenvalue weighted by Crippen LogP contribution is -2.50. The number of ether oxygens (including phenoxy) is 2. The average molecular weight is 347 g/mol. The van der Waals surface area contributed by atoms with Crippen LogP contribution in [0.2, 0.25) is 0 Å². The maximum atomic E-state index is 13.0. The van der Waals surface area contributed by atoms with E-state index in [0.29, 0.717) is 24.4 Å². The van der Waals surface area contributed by atoms with Crippen LogP contribution in [0.25, 0.3) is 5.65 Å². The summed E-state index contributed by atoms with van der Waals surface area (Å²) in [6.07, 6.45) is 4.96. The molecule has 25 heavy (non-hydrogen) atoms. The van der Waals surface area contributed by atoms with Gasteiger partial charge in [0, 0.05) is 33.1 Å². The van der Waals surface area contributed by atoms with Crippen molar-refractivity contribution in [2.45, 2.75) is 12.0 Å². The second kappa shape index (κ2) is 7.16. The summed E-state index contributed by atoms with van der Waals surface area (Å²) in [5.74, 6) is -0.380. The van der Waals surface area contributed by atoms with Gasteiger partial charge in [-0.15, -0.1) is 0 Å². The van der Waals surface area contributed by atoms with Crippen LogP contribution < -0.4 is 5.32 Å². The van der Waals surface area contributed by atoms with Crippen LogP contribution in [0.5, 0.6) is 0 Å². The van der Waals surface area contributed by atoms with E-state index in [-0.39, 0.29) is 31.4 Å². The van der Waals surface area contributed by atoms with Crippen LogP contribution in [0, 0.1) is 0 Å². The molecule has 2 aromatic rings. The van der Waals surface area contributed by atoms with E-state index in [1.165, 1.54) is 13.3 Å². The Morgan fingerprint density at radius 1 is 1.48 bits per heavy atom. The van der Waals surface area contributed by atoms with E-state index in [1.54, 1.807) is 34.9 Å². The molecule has 0 bridgehead atoms. The largest absolute Gasteiger partial charge is 0.377 e. The fourth-order valence-electron chi connectivity index (χ4n) is 2.91. The van der Waals surface area contributed by atoms with E-state index in [9.17, 15) is 9.59 Å². The molecule has 1 saturated heterocycles. The molecule has 0 radical (unpaired) electrons. The average Bonchev–Trinajstić information content (AvgIpc) is 2.95. The quantitative estimate of drug-likeness (QED) is 0.817. The van der Waals surface area contributed by atoms with E-state index in [1.807, 2.05) is 0 Å². The smallest absolute Gasteiger partial charge is 0.259 e. The number of aromatic nitrogens is 3. The number of carbonyl (C=O) groups excluding carboxylic acids is 2. The van der Waals surface area contributed by atoms with E-state index in [2.05, 4.69) is 15.4 Å². The van der Waals surface area contributed by atoms with Crippen LogP contribution in [0.3, 0.4) is 0 Å². The Morgan fingerprint density at radius 2 is 2.32 bits per heavy atom. The third-order valence-corrected chi connectivity index (χ3v) is 4.34. The summed E-state index contributed by atoms with van der Waals surface area (Å²) in [6.45, 7) is 1.27. The van der Waals surface area contributed by atoms with Gasteiger partial charge in [-0.3, -0.25) is 9.59 Å². The standard InChI is InChI=1S/C16H21N5O4/c1-17-13(22)8-16(24-2)10-20(6-7-25-11-16)15(23)12-9-19-21-5-3-4-18-14(12)21/h3-5,9H,6-8,10-11H2,1-2H3,(H,17,22)/t16-/m0/s1. The highest BCUT2D eigenvalue weighted by Gasteiger charge is 2.39. The van der Waals surface area contributed by atoms with Gasteiger partial charge in [-0.25, -0.2) is 9.50 Å². The Labute approximate surface area is 144 Å². The van der Waals surface area contributed by atoms with Crippen LogP contribution in [0.1, 0.15) is 16.8 Å². The van der Waals surface area contributed by atoms with Crippen LogP contribution in [-0.4, -0.2) is 77.4 Å². The second-order valence-corrected chi connectivity index (χ2v) is 5.96. The molecule has 134 valence electrons. The fraction of sp³-hybridized carbons (Fsp3) is 0.500. The van der Waals surface area contributed by atoms with Gasteiger partial charge >= 0.3 is 0 Å². The first-order valence-corrected chi connectivity index (χ1v) is 8.00. The van der Waals surface area contributed by atoms with E-state index in [4.69, 9.17) is 9.47 Å². The molecule has 1 aliphatic rings. The number of methoxy groups -OCH3 is 1. The Bertz CT molecular complexity index is 777. The van der Waals surface area contributed by atoms with Gasteiger partial charge in [0.2, 0.25) is 5.91 Å². The first kappa shape index (κ1) is 17.3. The first-order chi connectivity index (χ1) is 12.1. The van der Waals surface area contributed by atoms with Crippen molar-refractivity contribution in [3.8, 4) is 0 Å². The van der Waals surface area contributed by atoms with Crippen molar-refractivity contribution in [2.24, 2.45) is 0 Å². The third-order valence-electron chi connectivity index (χ3n) is 4.34. The molecule has 0 aliphatic carbocycles. The summed E-state index contributed by atoms with van der Waals surface area (Å²) in [6, 6.07) is 1.74. The van der Waals surface area contributed by atoms with Gasteiger partial charge in [0.25, 0.3) is 5.91 Å². The van der Waals surface area contributed by atoms with Gasteiger partial charge in [-0.1, -0.05) is 0 Å². The molecular formula is C16H21N5O4. The fourth-order valence-corrected chi connectivity index (χ4v) is 2.91. The van der Waals surface area contributed by atoms with Crippen molar-refractivity contribution in [3.05, 3.63) is 30.2 Å². The molecule has 0 saturated carbocycles. The predicted molar refractivity (Wildman–Crippen MR) is 88.1 cm³/mol. The highest BCUT2D eigenvalue weighted by Crippen LogP contribution is 2.22. The lowest BCUT2D eigenvalue weighted by Gasteiger charge is -2.33. The minimum absolute atomic E-state index is 0.108. The molecule has 3 rings (SSSR count). The summed E-state index contributed by atoms with van der Waals surface area (Å²) in [5, 5.41) is 6.74. The predicted octanol–water partition coefficient (Wildman–Crippen LogP) is -0.277. The number of hydrogen-bond acceptors (Lipinski definition) is 6. The number of nitrogens with zero attached hydrogens (tertiary/aromatic N) is 4. The number of nitrogens with one attached hydrogen (secondary N) is 1. The summed E-state index contributed by atoms with van der Waals surface area (Å²) in [5.41, 5.74) is 0.0160. The Morgan fingerprint density at radius 3 is 3.08 bits per heavy atom. The number of hydrogen-bond donors (Lipinski definition) is 1. The molecule has 1 fully saturated rings. The maximum absolute atomic E-state index is 13.0. The van der Waals surface area contributed by atoms with Gasteiger partial charge in [0.1, 0.15) is 11.2 Å². The number of carbonyl (C=O) groups is 2. The summed E-state index contributed by atoms with van der Waals surface area (Å²) in [4.78, 5) is 30.7. The highest BCUT2D eigenvalue weighted by atomic mass is 16.5. The molecule has 1 aliphatic heterocycles. The highest BCUT2D eigenvalue weighted by molar-refractivity contribution is 5.99. The number of fused-ring (bicyclic) bond motifs is 1. The van der Waals surface area contributed by atoms with Crippen LogP contribution >= 0.6 is 0 Å². The van der Waals surface area contributed by atoms with E-state index < -0.39 is 5.60 Å². The molecule has 9 nitrogen and oxygen atoms in total. The van der Waals surface area contributed by atoms with Crippen LogP contribution in [0.4, 0.5) is 0 Å². The van der Waals surface area contributed by atoms with Gasteiger partial charge in [-0.05, 0) is 6.07 Å². The van der Waals surface area contributed by atoms with Gasteiger partial charge in [-0.2, -0.15) is 5.10 Å². The van der Waals surface area contributed by atoms with Crippen molar-refractivity contribution >= 4 is 17.5 Å². The molecule has 1 N–H and O–H groups in total. The summed E-state index contributed by atoms with van der Waals surface area (Å²) < 4.78 is 12.7.